The Morgan fingerprint density at radius 1 is 1.19 bits per heavy atom. The number of morpholine rings is 1. The fraction of sp³-hybridized carbons (Fsp3) is 0.333. The van der Waals surface area contributed by atoms with E-state index in [0.29, 0.717) is 34.4 Å². The molecule has 0 radical (unpaired) electrons. The highest BCUT2D eigenvalue weighted by atomic mass is 16.5. The molecule has 0 atom stereocenters. The van der Waals surface area contributed by atoms with E-state index in [9.17, 15) is 15.0 Å². The smallest absolute Gasteiger partial charge is 0.358 e. The molecule has 1 saturated heterocycles. The summed E-state index contributed by atoms with van der Waals surface area (Å²) in [4.78, 5) is 14.2. The number of carbonyl (C=O) groups is 1. The SMILES string of the molecule is CCc1cc(-c2onc(C(=O)O)c2-c2ccc(CN3CCOCC3)cc2)c(OC)cc1O. The summed E-state index contributed by atoms with van der Waals surface area (Å²) in [6.45, 7) is 5.97. The molecule has 1 aliphatic rings. The lowest BCUT2D eigenvalue weighted by molar-refractivity contribution is 0.0342. The van der Waals surface area contributed by atoms with E-state index in [-0.39, 0.29) is 17.2 Å². The molecule has 1 fully saturated rings. The third kappa shape index (κ3) is 4.32. The van der Waals surface area contributed by atoms with Gasteiger partial charge in [0.05, 0.1) is 31.5 Å². The summed E-state index contributed by atoms with van der Waals surface area (Å²) in [5.74, 6) is -0.409. The molecule has 1 aliphatic heterocycles. The van der Waals surface area contributed by atoms with Gasteiger partial charge < -0.3 is 24.2 Å². The van der Waals surface area contributed by atoms with Crippen LogP contribution in [0.1, 0.15) is 28.5 Å². The predicted molar refractivity (Wildman–Crippen MR) is 118 cm³/mol. The van der Waals surface area contributed by atoms with E-state index >= 15 is 0 Å². The third-order valence-corrected chi connectivity index (χ3v) is 5.67. The zero-order chi connectivity index (χ0) is 22.7. The molecule has 3 aromatic rings. The van der Waals surface area contributed by atoms with Crippen LogP contribution in [0.25, 0.3) is 22.5 Å². The van der Waals surface area contributed by atoms with Gasteiger partial charge in [-0.2, -0.15) is 0 Å². The van der Waals surface area contributed by atoms with Gasteiger partial charge in [0.25, 0.3) is 0 Å². The number of methoxy groups -OCH3 is 1. The zero-order valence-corrected chi connectivity index (χ0v) is 18.1. The molecule has 0 saturated carbocycles. The van der Waals surface area contributed by atoms with Crippen LogP contribution in [0.4, 0.5) is 0 Å². The lowest BCUT2D eigenvalue weighted by Crippen LogP contribution is -2.35. The fourth-order valence-electron chi connectivity index (χ4n) is 3.93. The van der Waals surface area contributed by atoms with Gasteiger partial charge >= 0.3 is 5.97 Å². The number of aromatic hydroxyl groups is 1. The molecule has 8 heteroatoms. The van der Waals surface area contributed by atoms with Gasteiger partial charge in [0.1, 0.15) is 11.5 Å². The molecule has 0 spiro atoms. The van der Waals surface area contributed by atoms with Crippen molar-refractivity contribution in [3.05, 3.63) is 53.2 Å². The van der Waals surface area contributed by atoms with E-state index in [1.807, 2.05) is 31.2 Å². The minimum atomic E-state index is -1.18. The lowest BCUT2D eigenvalue weighted by atomic mass is 9.96. The summed E-state index contributed by atoms with van der Waals surface area (Å²) in [6, 6.07) is 11.0. The van der Waals surface area contributed by atoms with Crippen molar-refractivity contribution in [3.8, 4) is 33.9 Å². The van der Waals surface area contributed by atoms with Crippen molar-refractivity contribution in [2.24, 2.45) is 0 Å². The monoisotopic (exact) mass is 438 g/mol. The quantitative estimate of drug-likeness (QED) is 0.574. The van der Waals surface area contributed by atoms with E-state index in [4.69, 9.17) is 14.0 Å². The highest BCUT2D eigenvalue weighted by Crippen LogP contribution is 2.42. The summed E-state index contributed by atoms with van der Waals surface area (Å²) in [5, 5.41) is 23.7. The maximum atomic E-state index is 11.9. The first-order valence-corrected chi connectivity index (χ1v) is 10.5. The number of hydrogen-bond donors (Lipinski definition) is 2. The molecule has 32 heavy (non-hydrogen) atoms. The summed E-state index contributed by atoms with van der Waals surface area (Å²) < 4.78 is 16.3. The molecule has 2 N–H and O–H groups in total. The Morgan fingerprint density at radius 2 is 1.91 bits per heavy atom. The second kappa shape index (κ2) is 9.42. The number of benzene rings is 2. The molecule has 1 aromatic heterocycles. The van der Waals surface area contributed by atoms with Crippen LogP contribution in [0.15, 0.2) is 40.9 Å². The number of carboxylic acids is 1. The molecule has 0 aliphatic carbocycles. The number of ether oxygens (including phenoxy) is 2. The molecule has 0 unspecified atom stereocenters. The number of phenols is 1. The molecule has 8 nitrogen and oxygen atoms in total. The number of hydrogen-bond acceptors (Lipinski definition) is 7. The second-order valence-electron chi connectivity index (χ2n) is 7.66. The van der Waals surface area contributed by atoms with Gasteiger partial charge in [0.2, 0.25) is 0 Å². The van der Waals surface area contributed by atoms with Crippen molar-refractivity contribution in [2.45, 2.75) is 19.9 Å². The Morgan fingerprint density at radius 3 is 2.53 bits per heavy atom. The van der Waals surface area contributed by atoms with Gasteiger partial charge in [-0.05, 0) is 29.2 Å². The number of carboxylic acid groups (broad SMARTS) is 1. The number of aryl methyl sites for hydroxylation is 1. The summed E-state index contributed by atoms with van der Waals surface area (Å²) >= 11 is 0. The fourth-order valence-corrected chi connectivity index (χ4v) is 3.93. The number of aromatic nitrogens is 1. The van der Waals surface area contributed by atoms with E-state index in [1.54, 1.807) is 6.07 Å². The number of phenolic OH excluding ortho intramolecular Hbond substituents is 1. The van der Waals surface area contributed by atoms with Crippen LogP contribution in [0.3, 0.4) is 0 Å². The molecule has 168 valence electrons. The topological polar surface area (TPSA) is 105 Å². The Labute approximate surface area is 186 Å². The minimum absolute atomic E-state index is 0.111. The first-order chi connectivity index (χ1) is 15.5. The molecule has 0 bridgehead atoms. The zero-order valence-electron chi connectivity index (χ0n) is 18.1. The molecular weight excluding hydrogens is 412 g/mol. The summed E-state index contributed by atoms with van der Waals surface area (Å²) in [6.07, 6.45) is 0.592. The van der Waals surface area contributed by atoms with Gasteiger partial charge in [0.15, 0.2) is 11.5 Å². The largest absolute Gasteiger partial charge is 0.508 e. The maximum Gasteiger partial charge on any atom is 0.358 e. The average molecular weight is 438 g/mol. The van der Waals surface area contributed by atoms with E-state index in [1.165, 1.54) is 13.2 Å². The Hall–Kier alpha value is -3.36. The van der Waals surface area contributed by atoms with E-state index in [2.05, 4.69) is 10.1 Å². The van der Waals surface area contributed by atoms with Crippen molar-refractivity contribution in [2.75, 3.05) is 33.4 Å². The average Bonchev–Trinajstić information content (AvgIpc) is 3.25. The molecule has 0 amide bonds. The highest BCUT2D eigenvalue weighted by Gasteiger charge is 2.27. The number of rotatable bonds is 7. The molecule has 4 rings (SSSR count). The van der Waals surface area contributed by atoms with Crippen LogP contribution in [-0.2, 0) is 17.7 Å². The maximum absolute atomic E-state index is 11.9. The van der Waals surface area contributed by atoms with Crippen LogP contribution in [0, 0.1) is 0 Å². The molecule has 2 heterocycles. The van der Waals surface area contributed by atoms with Crippen molar-refractivity contribution in [3.63, 3.8) is 0 Å². The van der Waals surface area contributed by atoms with Gasteiger partial charge in [-0.1, -0.05) is 36.3 Å². The first kappa shape index (κ1) is 21.9. The van der Waals surface area contributed by atoms with Gasteiger partial charge in [-0.3, -0.25) is 4.90 Å². The highest BCUT2D eigenvalue weighted by molar-refractivity contribution is 5.99. The molecular formula is C24H26N2O6. The minimum Gasteiger partial charge on any atom is -0.508 e. The van der Waals surface area contributed by atoms with Gasteiger partial charge in [0, 0.05) is 25.7 Å². The van der Waals surface area contributed by atoms with Crippen LogP contribution in [0.5, 0.6) is 11.5 Å². The van der Waals surface area contributed by atoms with Crippen molar-refractivity contribution in [1.29, 1.82) is 0 Å². The number of aromatic carboxylic acids is 1. The van der Waals surface area contributed by atoms with E-state index < -0.39 is 5.97 Å². The molecule has 2 aromatic carbocycles. The Kier molecular flexibility index (Phi) is 6.43. The van der Waals surface area contributed by atoms with Gasteiger partial charge in [-0.15, -0.1) is 0 Å². The van der Waals surface area contributed by atoms with Crippen LogP contribution in [-0.4, -0.2) is 59.7 Å². The second-order valence-corrected chi connectivity index (χ2v) is 7.66. The predicted octanol–water partition coefficient (Wildman–Crippen LogP) is 3.82. The standard InChI is InChI=1S/C24H26N2O6/c1-3-16-12-18(20(30-2)13-19(16)27)23-21(22(24(28)29)25-32-23)17-6-4-15(5-7-17)14-26-8-10-31-11-9-26/h4-7,12-13,27H,3,8-11,14H2,1-2H3,(H,28,29). The van der Waals surface area contributed by atoms with Crippen LogP contribution in [0.2, 0.25) is 0 Å². The van der Waals surface area contributed by atoms with Crippen molar-refractivity contribution >= 4 is 5.97 Å². The van der Waals surface area contributed by atoms with Crippen LogP contribution >= 0.6 is 0 Å². The van der Waals surface area contributed by atoms with Crippen molar-refractivity contribution in [1.82, 2.24) is 10.1 Å². The third-order valence-electron chi connectivity index (χ3n) is 5.67. The van der Waals surface area contributed by atoms with Crippen molar-refractivity contribution < 1.29 is 29.0 Å². The first-order valence-electron chi connectivity index (χ1n) is 10.5. The Bertz CT molecular complexity index is 1100. The summed E-state index contributed by atoms with van der Waals surface area (Å²) in [7, 11) is 1.48. The van der Waals surface area contributed by atoms with Gasteiger partial charge in [-0.25, -0.2) is 4.79 Å². The lowest BCUT2D eigenvalue weighted by Gasteiger charge is -2.26. The number of nitrogens with zero attached hydrogens (tertiary/aromatic N) is 2. The summed E-state index contributed by atoms with van der Waals surface area (Å²) in [5.41, 5.74) is 3.24. The Balaban J connectivity index is 1.75. The van der Waals surface area contributed by atoms with E-state index in [0.717, 1.165) is 38.4 Å². The normalized spacial score (nSPS) is 14.4. The van der Waals surface area contributed by atoms with Crippen LogP contribution < -0.4 is 4.74 Å².